The van der Waals surface area contributed by atoms with Gasteiger partial charge in [0.05, 0.1) is 22.7 Å². The highest BCUT2D eigenvalue weighted by molar-refractivity contribution is 6.33. The summed E-state index contributed by atoms with van der Waals surface area (Å²) in [6.45, 7) is 7.22. The smallest absolute Gasteiger partial charge is 0.228 e. The van der Waals surface area contributed by atoms with Gasteiger partial charge >= 0.3 is 0 Å². The maximum Gasteiger partial charge on any atom is 0.228 e. The second-order valence-corrected chi connectivity index (χ2v) is 7.13. The zero-order valence-corrected chi connectivity index (χ0v) is 16.1. The molecule has 0 aliphatic carbocycles. The summed E-state index contributed by atoms with van der Waals surface area (Å²) in [6, 6.07) is 13.6. The van der Waals surface area contributed by atoms with E-state index in [1.54, 1.807) is 6.07 Å². The normalized spacial score (nSPS) is 19.3. The van der Waals surface area contributed by atoms with Crippen molar-refractivity contribution in [2.45, 2.75) is 32.2 Å². The predicted octanol–water partition coefficient (Wildman–Crippen LogP) is 3.96. The molecule has 1 amide bonds. The maximum atomic E-state index is 12.9. The monoisotopic (exact) mass is 371 g/mol. The summed E-state index contributed by atoms with van der Waals surface area (Å²) in [6.07, 6.45) is 0.819. The number of carbonyl (C=O) groups is 1. The van der Waals surface area contributed by atoms with Gasteiger partial charge < -0.3 is 16.0 Å². The first-order chi connectivity index (χ1) is 12.5. The van der Waals surface area contributed by atoms with Gasteiger partial charge in [0, 0.05) is 0 Å². The Morgan fingerprint density at radius 3 is 2.46 bits per heavy atom. The molecule has 3 rings (SSSR count). The van der Waals surface area contributed by atoms with E-state index in [4.69, 9.17) is 17.3 Å². The minimum Gasteiger partial charge on any atom is -0.398 e. The van der Waals surface area contributed by atoms with E-state index in [-0.39, 0.29) is 17.9 Å². The Labute approximate surface area is 160 Å². The number of nitrogens with one attached hydrogen (secondary N) is 1. The number of fused-ring (bicyclic) bond motifs is 1. The number of hydrogen-bond acceptors (Lipinski definition) is 3. The van der Waals surface area contributed by atoms with Gasteiger partial charge in [-0.25, -0.2) is 0 Å². The average Bonchev–Trinajstić information content (AvgIpc) is 2.66. The van der Waals surface area contributed by atoms with Crippen LogP contribution in [-0.2, 0) is 4.79 Å². The molecular weight excluding hydrogens is 346 g/mol. The van der Waals surface area contributed by atoms with Crippen LogP contribution in [0.25, 0.3) is 0 Å². The molecule has 1 heterocycles. The molecule has 0 saturated heterocycles. The number of amides is 1. The Hall–Kier alpha value is -2.04. The van der Waals surface area contributed by atoms with Gasteiger partial charge in [0.25, 0.3) is 0 Å². The van der Waals surface area contributed by atoms with Crippen LogP contribution in [0.4, 0.5) is 5.69 Å². The van der Waals surface area contributed by atoms with Gasteiger partial charge in [-0.2, -0.15) is 0 Å². The second-order valence-electron chi connectivity index (χ2n) is 6.72. The van der Waals surface area contributed by atoms with Crippen molar-refractivity contribution in [1.29, 1.82) is 0 Å². The molecular formula is C21H26ClN3O. The van der Waals surface area contributed by atoms with E-state index in [0.29, 0.717) is 10.7 Å². The second kappa shape index (κ2) is 8.11. The van der Waals surface area contributed by atoms with Gasteiger partial charge in [-0.15, -0.1) is 0 Å². The van der Waals surface area contributed by atoms with Gasteiger partial charge in [0.15, 0.2) is 0 Å². The largest absolute Gasteiger partial charge is 0.398 e. The van der Waals surface area contributed by atoms with Crippen LogP contribution in [0.15, 0.2) is 42.5 Å². The van der Waals surface area contributed by atoms with Crippen LogP contribution in [0.1, 0.15) is 48.9 Å². The molecule has 0 aromatic heterocycles. The number of rotatable bonds is 6. The lowest BCUT2D eigenvalue weighted by atomic mass is 9.82. The number of nitrogens with zero attached hydrogens (tertiary/aromatic N) is 1. The van der Waals surface area contributed by atoms with Gasteiger partial charge in [-0.05, 0) is 54.9 Å². The highest BCUT2D eigenvalue weighted by Gasteiger charge is 2.33. The quantitative estimate of drug-likeness (QED) is 0.756. The van der Waals surface area contributed by atoms with E-state index < -0.39 is 0 Å². The zero-order chi connectivity index (χ0) is 18.7. The fourth-order valence-corrected chi connectivity index (χ4v) is 3.81. The first-order valence-electron chi connectivity index (χ1n) is 9.21. The summed E-state index contributed by atoms with van der Waals surface area (Å²) in [7, 11) is 0. The molecule has 0 bridgehead atoms. The van der Waals surface area contributed by atoms with E-state index in [2.05, 4.69) is 36.2 Å². The van der Waals surface area contributed by atoms with E-state index in [9.17, 15) is 4.79 Å². The number of benzene rings is 2. The average molecular weight is 372 g/mol. The molecule has 0 fully saturated rings. The van der Waals surface area contributed by atoms with Crippen molar-refractivity contribution in [3.05, 3.63) is 64.2 Å². The third kappa shape index (κ3) is 3.71. The molecule has 2 aromatic carbocycles. The summed E-state index contributed by atoms with van der Waals surface area (Å²) in [5, 5.41) is 3.72. The third-order valence-electron chi connectivity index (χ3n) is 5.27. The topological polar surface area (TPSA) is 58.4 Å². The number of nitrogens with two attached hydrogens (primary N) is 1. The van der Waals surface area contributed by atoms with Crippen LogP contribution < -0.4 is 11.1 Å². The van der Waals surface area contributed by atoms with Crippen LogP contribution in [0, 0.1) is 0 Å². The van der Waals surface area contributed by atoms with Crippen LogP contribution in [0.2, 0.25) is 5.02 Å². The fourth-order valence-electron chi connectivity index (χ4n) is 3.70. The highest BCUT2D eigenvalue weighted by atomic mass is 35.5. The molecule has 1 aliphatic heterocycles. The molecule has 5 heteroatoms. The highest BCUT2D eigenvalue weighted by Crippen LogP contribution is 2.37. The van der Waals surface area contributed by atoms with Crippen molar-refractivity contribution >= 4 is 23.2 Å². The summed E-state index contributed by atoms with van der Waals surface area (Å²) in [4.78, 5) is 15.2. The molecule has 0 saturated carbocycles. The summed E-state index contributed by atoms with van der Waals surface area (Å²) in [5.41, 5.74) is 9.70. The molecule has 26 heavy (non-hydrogen) atoms. The van der Waals surface area contributed by atoms with Crippen molar-refractivity contribution in [2.24, 2.45) is 0 Å². The van der Waals surface area contributed by atoms with Gasteiger partial charge in [-0.1, -0.05) is 55.8 Å². The van der Waals surface area contributed by atoms with Gasteiger partial charge in [0.2, 0.25) is 5.91 Å². The lowest BCUT2D eigenvalue weighted by molar-refractivity contribution is -0.124. The first-order valence-corrected chi connectivity index (χ1v) is 9.59. The number of nitrogen functional groups attached to an aromatic ring is 1. The predicted molar refractivity (Wildman–Crippen MR) is 107 cm³/mol. The van der Waals surface area contributed by atoms with Crippen LogP contribution >= 0.6 is 11.6 Å². The fraction of sp³-hybridized carbons (Fsp3) is 0.381. The number of carbonyl (C=O) groups excluding carboxylic acids is 1. The zero-order valence-electron chi connectivity index (χ0n) is 15.3. The maximum absolute atomic E-state index is 12.9. The number of halogens is 1. The summed E-state index contributed by atoms with van der Waals surface area (Å²) < 4.78 is 0. The Balaban J connectivity index is 1.92. The Morgan fingerprint density at radius 2 is 1.81 bits per heavy atom. The minimum atomic E-state index is -0.192. The lowest BCUT2D eigenvalue weighted by Gasteiger charge is -2.33. The van der Waals surface area contributed by atoms with Crippen LogP contribution in [0.3, 0.4) is 0 Å². The van der Waals surface area contributed by atoms with Gasteiger partial charge in [0.1, 0.15) is 0 Å². The van der Waals surface area contributed by atoms with E-state index in [0.717, 1.165) is 42.7 Å². The Bertz CT molecular complexity index is 789. The van der Waals surface area contributed by atoms with Crippen molar-refractivity contribution in [3.63, 3.8) is 0 Å². The molecule has 2 atom stereocenters. The van der Waals surface area contributed by atoms with Crippen LogP contribution in [-0.4, -0.2) is 30.4 Å². The number of hydrogen-bond donors (Lipinski definition) is 2. The van der Waals surface area contributed by atoms with E-state index >= 15 is 0 Å². The summed E-state index contributed by atoms with van der Waals surface area (Å²) >= 11 is 6.05. The SMILES string of the molecule is CCN(CC)CCC1C(=O)NC(c2ccc(Cl)c(N)c2)c2ccccc21. The van der Waals surface area contributed by atoms with Crippen molar-refractivity contribution in [1.82, 2.24) is 10.2 Å². The molecule has 4 nitrogen and oxygen atoms in total. The van der Waals surface area contributed by atoms with Crippen LogP contribution in [0.5, 0.6) is 0 Å². The Morgan fingerprint density at radius 1 is 1.12 bits per heavy atom. The van der Waals surface area contributed by atoms with Crippen molar-refractivity contribution in [3.8, 4) is 0 Å². The standard InChI is InChI=1S/C21H26ClN3O/c1-3-25(4-2)12-11-17-15-7-5-6-8-16(15)20(24-21(17)26)14-9-10-18(22)19(23)13-14/h5-10,13,17,20H,3-4,11-12,23H2,1-2H3,(H,24,26). The molecule has 2 aromatic rings. The lowest BCUT2D eigenvalue weighted by Crippen LogP contribution is -2.40. The molecule has 2 unspecified atom stereocenters. The Kier molecular flexibility index (Phi) is 5.84. The summed E-state index contributed by atoms with van der Waals surface area (Å²) in [5.74, 6) is -0.0397. The molecule has 0 spiro atoms. The minimum absolute atomic E-state index is 0.0781. The van der Waals surface area contributed by atoms with E-state index in [1.165, 1.54) is 0 Å². The third-order valence-corrected chi connectivity index (χ3v) is 5.61. The van der Waals surface area contributed by atoms with E-state index in [1.807, 2.05) is 24.3 Å². The first kappa shape index (κ1) is 18.7. The number of anilines is 1. The molecule has 3 N–H and O–H groups in total. The van der Waals surface area contributed by atoms with Crippen molar-refractivity contribution < 1.29 is 4.79 Å². The molecule has 0 radical (unpaired) electrons. The van der Waals surface area contributed by atoms with Gasteiger partial charge in [-0.3, -0.25) is 4.79 Å². The molecule has 1 aliphatic rings. The molecule has 138 valence electrons. The van der Waals surface area contributed by atoms with Crippen molar-refractivity contribution in [2.75, 3.05) is 25.4 Å².